The van der Waals surface area contributed by atoms with E-state index in [1.165, 1.54) is 44.7 Å². The molecule has 8 nitrogen and oxygen atoms in total. The molecular formula is C24H23Cl2N3O5S. The van der Waals surface area contributed by atoms with Crippen LogP contribution in [0.4, 0.5) is 0 Å². The fraction of sp³-hybridized carbons (Fsp3) is 0.167. The third-order valence-electron chi connectivity index (χ3n) is 4.87. The molecule has 0 aromatic heterocycles. The number of nitrogens with zero attached hydrogens (tertiary/aromatic N) is 2. The maximum absolute atomic E-state index is 13.3. The predicted molar refractivity (Wildman–Crippen MR) is 136 cm³/mol. The molecule has 0 radical (unpaired) electrons. The molecule has 0 aliphatic heterocycles. The lowest BCUT2D eigenvalue weighted by Crippen LogP contribution is -2.39. The molecule has 0 bridgehead atoms. The van der Waals surface area contributed by atoms with Crippen LogP contribution in [0.1, 0.15) is 11.1 Å². The van der Waals surface area contributed by atoms with Crippen LogP contribution in [-0.2, 0) is 21.4 Å². The van der Waals surface area contributed by atoms with E-state index in [4.69, 9.17) is 32.7 Å². The van der Waals surface area contributed by atoms with Gasteiger partial charge in [-0.3, -0.25) is 4.79 Å². The molecule has 35 heavy (non-hydrogen) atoms. The van der Waals surface area contributed by atoms with Crippen molar-refractivity contribution in [1.82, 2.24) is 9.73 Å². The molecule has 0 fully saturated rings. The van der Waals surface area contributed by atoms with Crippen molar-refractivity contribution in [3.63, 3.8) is 0 Å². The first-order valence-electron chi connectivity index (χ1n) is 10.3. The van der Waals surface area contributed by atoms with Crippen LogP contribution in [0.3, 0.4) is 0 Å². The van der Waals surface area contributed by atoms with Gasteiger partial charge in [0.05, 0.1) is 31.9 Å². The van der Waals surface area contributed by atoms with Crippen LogP contribution in [0.15, 0.2) is 76.7 Å². The summed E-state index contributed by atoms with van der Waals surface area (Å²) >= 11 is 11.8. The lowest BCUT2D eigenvalue weighted by Gasteiger charge is -2.21. The first-order valence-corrected chi connectivity index (χ1v) is 12.5. The number of hydrogen-bond donors (Lipinski definition) is 1. The highest BCUT2D eigenvalue weighted by Crippen LogP contribution is 2.23. The molecule has 1 N–H and O–H groups in total. The Morgan fingerprint density at radius 2 is 1.60 bits per heavy atom. The number of nitrogens with one attached hydrogen (secondary N) is 1. The van der Waals surface area contributed by atoms with E-state index in [9.17, 15) is 13.2 Å². The molecule has 0 saturated carbocycles. The van der Waals surface area contributed by atoms with Gasteiger partial charge in [-0.25, -0.2) is 13.8 Å². The Bertz CT molecular complexity index is 1300. The summed E-state index contributed by atoms with van der Waals surface area (Å²) in [7, 11) is -0.989. The van der Waals surface area contributed by atoms with Gasteiger partial charge in [-0.2, -0.15) is 9.41 Å². The van der Waals surface area contributed by atoms with E-state index in [-0.39, 0.29) is 11.4 Å². The minimum atomic E-state index is -4.03. The number of halogens is 2. The number of carbonyl (C=O) groups excluding carboxylic acids is 1. The van der Waals surface area contributed by atoms with Gasteiger partial charge in [0.1, 0.15) is 11.5 Å². The zero-order valence-electron chi connectivity index (χ0n) is 18.9. The summed E-state index contributed by atoms with van der Waals surface area (Å²) in [5.41, 5.74) is 3.59. The van der Waals surface area contributed by atoms with E-state index in [2.05, 4.69) is 10.5 Å². The standard InChI is InChI=1S/C24H23Cl2N3O5S/c1-33-21-9-12-23(34-2)18(13-21)14-27-28-24(30)16-29(15-17-3-5-19(25)6-4-17)35(31,32)22-10-7-20(26)8-11-22/h3-14H,15-16H2,1-2H3,(H,28,30)/b27-14-. The smallest absolute Gasteiger partial charge is 0.255 e. The minimum absolute atomic E-state index is 0.00767. The summed E-state index contributed by atoms with van der Waals surface area (Å²) in [5, 5.41) is 4.86. The number of hydrazone groups is 1. The van der Waals surface area contributed by atoms with Gasteiger partial charge in [-0.05, 0) is 60.2 Å². The lowest BCUT2D eigenvalue weighted by molar-refractivity contribution is -0.121. The molecule has 0 aliphatic rings. The number of sulfonamides is 1. The second-order valence-electron chi connectivity index (χ2n) is 7.25. The van der Waals surface area contributed by atoms with Crippen molar-refractivity contribution in [1.29, 1.82) is 0 Å². The SMILES string of the molecule is COc1ccc(OC)c(/C=N\NC(=O)CN(Cc2ccc(Cl)cc2)S(=O)(=O)c2ccc(Cl)cc2)c1. The molecule has 0 aliphatic carbocycles. The van der Waals surface area contributed by atoms with Gasteiger partial charge in [0, 0.05) is 22.2 Å². The van der Waals surface area contributed by atoms with Crippen LogP contribution in [0.25, 0.3) is 0 Å². The second kappa shape index (κ2) is 12.0. The van der Waals surface area contributed by atoms with Crippen LogP contribution in [-0.4, -0.2) is 45.6 Å². The lowest BCUT2D eigenvalue weighted by atomic mass is 10.2. The molecule has 3 aromatic rings. The summed E-state index contributed by atoms with van der Waals surface area (Å²) in [6.45, 7) is -0.525. The third kappa shape index (κ3) is 7.19. The van der Waals surface area contributed by atoms with Gasteiger partial charge >= 0.3 is 0 Å². The Balaban J connectivity index is 1.80. The van der Waals surface area contributed by atoms with Gasteiger partial charge in [0.15, 0.2) is 0 Å². The van der Waals surface area contributed by atoms with E-state index < -0.39 is 22.5 Å². The van der Waals surface area contributed by atoms with Crippen molar-refractivity contribution >= 4 is 45.3 Å². The number of ether oxygens (including phenoxy) is 2. The fourth-order valence-corrected chi connectivity index (χ4v) is 4.72. The van der Waals surface area contributed by atoms with Crippen molar-refractivity contribution in [2.75, 3.05) is 20.8 Å². The van der Waals surface area contributed by atoms with Crippen LogP contribution in [0.2, 0.25) is 10.0 Å². The summed E-state index contributed by atoms with van der Waals surface area (Å²) in [6, 6.07) is 17.5. The molecule has 0 spiro atoms. The van der Waals surface area contributed by atoms with E-state index >= 15 is 0 Å². The fourth-order valence-electron chi connectivity index (χ4n) is 3.08. The Kier molecular flexibility index (Phi) is 9.11. The largest absolute Gasteiger partial charge is 0.497 e. The first kappa shape index (κ1) is 26.5. The molecule has 1 amide bonds. The van der Waals surface area contributed by atoms with E-state index in [0.717, 1.165) is 4.31 Å². The zero-order valence-corrected chi connectivity index (χ0v) is 21.3. The molecule has 11 heteroatoms. The van der Waals surface area contributed by atoms with Crippen molar-refractivity contribution < 1.29 is 22.7 Å². The van der Waals surface area contributed by atoms with Crippen molar-refractivity contribution in [2.45, 2.75) is 11.4 Å². The monoisotopic (exact) mass is 535 g/mol. The normalized spacial score (nSPS) is 11.6. The van der Waals surface area contributed by atoms with Crippen LogP contribution >= 0.6 is 23.2 Å². The summed E-state index contributed by atoms with van der Waals surface area (Å²) in [5.74, 6) is 0.481. The van der Waals surface area contributed by atoms with E-state index in [1.54, 1.807) is 42.5 Å². The van der Waals surface area contributed by atoms with Gasteiger partial charge in [0.25, 0.3) is 5.91 Å². The average molecular weight is 536 g/mol. The number of methoxy groups -OCH3 is 2. The Morgan fingerprint density at radius 3 is 2.20 bits per heavy atom. The molecule has 3 rings (SSSR count). The molecular weight excluding hydrogens is 513 g/mol. The minimum Gasteiger partial charge on any atom is -0.497 e. The summed E-state index contributed by atoms with van der Waals surface area (Å²) in [6.07, 6.45) is 1.39. The first-order chi connectivity index (χ1) is 16.7. The van der Waals surface area contributed by atoms with Gasteiger partial charge in [-0.1, -0.05) is 35.3 Å². The Morgan fingerprint density at radius 1 is 0.971 bits per heavy atom. The molecule has 0 unspecified atom stereocenters. The van der Waals surface area contributed by atoms with Crippen LogP contribution in [0.5, 0.6) is 11.5 Å². The van der Waals surface area contributed by atoms with Gasteiger partial charge < -0.3 is 9.47 Å². The van der Waals surface area contributed by atoms with Gasteiger partial charge in [-0.15, -0.1) is 0 Å². The highest BCUT2D eigenvalue weighted by Gasteiger charge is 2.27. The number of benzene rings is 3. The average Bonchev–Trinajstić information content (AvgIpc) is 2.85. The topological polar surface area (TPSA) is 97.3 Å². The summed E-state index contributed by atoms with van der Waals surface area (Å²) in [4.78, 5) is 12.7. The number of amides is 1. The number of hydrogen-bond acceptors (Lipinski definition) is 6. The van der Waals surface area contributed by atoms with E-state index in [0.29, 0.717) is 32.7 Å². The number of rotatable bonds is 10. The van der Waals surface area contributed by atoms with Gasteiger partial charge in [0.2, 0.25) is 10.0 Å². The number of carbonyl (C=O) groups is 1. The van der Waals surface area contributed by atoms with Crippen molar-refractivity contribution in [2.24, 2.45) is 5.10 Å². The van der Waals surface area contributed by atoms with E-state index in [1.807, 2.05) is 0 Å². The highest BCUT2D eigenvalue weighted by atomic mass is 35.5. The summed E-state index contributed by atoms with van der Waals surface area (Å²) < 4.78 is 38.1. The quantitative estimate of drug-likeness (QED) is 0.307. The van der Waals surface area contributed by atoms with Crippen LogP contribution in [0, 0.1) is 0 Å². The molecule has 0 saturated heterocycles. The maximum Gasteiger partial charge on any atom is 0.255 e. The Labute approximate surface area is 214 Å². The predicted octanol–water partition coefficient (Wildman–Crippen LogP) is 4.35. The van der Waals surface area contributed by atoms with Crippen molar-refractivity contribution in [3.8, 4) is 11.5 Å². The van der Waals surface area contributed by atoms with Crippen molar-refractivity contribution in [3.05, 3.63) is 87.9 Å². The molecule has 184 valence electrons. The molecule has 0 heterocycles. The third-order valence-corrected chi connectivity index (χ3v) is 7.18. The Hall–Kier alpha value is -3.11. The maximum atomic E-state index is 13.3. The molecule has 3 aromatic carbocycles. The zero-order chi connectivity index (χ0) is 25.4. The highest BCUT2D eigenvalue weighted by molar-refractivity contribution is 7.89. The molecule has 0 atom stereocenters. The second-order valence-corrected chi connectivity index (χ2v) is 10.1. The van der Waals surface area contributed by atoms with Crippen LogP contribution < -0.4 is 14.9 Å².